The van der Waals surface area contributed by atoms with Gasteiger partial charge >= 0.3 is 0 Å². The van der Waals surface area contributed by atoms with Crippen molar-refractivity contribution in [1.29, 1.82) is 0 Å². The van der Waals surface area contributed by atoms with Gasteiger partial charge in [0.1, 0.15) is 11.4 Å². The van der Waals surface area contributed by atoms with E-state index in [-0.39, 0.29) is 0 Å². The van der Waals surface area contributed by atoms with Crippen LogP contribution in [-0.2, 0) is 6.54 Å². The lowest BCUT2D eigenvalue weighted by Crippen LogP contribution is -2.46. The van der Waals surface area contributed by atoms with E-state index in [0.29, 0.717) is 0 Å². The number of rotatable bonds is 7. The molecule has 27 heavy (non-hydrogen) atoms. The molecule has 0 radical (unpaired) electrons. The first kappa shape index (κ1) is 17.9. The van der Waals surface area contributed by atoms with Crippen LogP contribution in [0, 0.1) is 0 Å². The average molecular weight is 364 g/mol. The number of aromatic nitrogens is 2. The molecular weight excluding hydrogens is 336 g/mol. The molecule has 1 aromatic carbocycles. The van der Waals surface area contributed by atoms with E-state index in [1.807, 2.05) is 24.4 Å². The molecule has 3 heterocycles. The van der Waals surface area contributed by atoms with Crippen molar-refractivity contribution < 1.29 is 4.74 Å². The Labute approximate surface area is 161 Å². The molecule has 0 unspecified atom stereocenters. The quantitative estimate of drug-likeness (QED) is 0.599. The van der Waals surface area contributed by atoms with Gasteiger partial charge in [0.15, 0.2) is 0 Å². The van der Waals surface area contributed by atoms with Crippen molar-refractivity contribution in [1.82, 2.24) is 14.5 Å². The first-order valence-corrected chi connectivity index (χ1v) is 9.85. The molecule has 0 spiro atoms. The average Bonchev–Trinajstić information content (AvgIpc) is 3.15. The Kier molecular flexibility index (Phi) is 5.58. The predicted octanol–water partition coefficient (Wildman–Crippen LogP) is 3.65. The molecule has 2 aromatic heterocycles. The molecule has 0 saturated carbocycles. The second-order valence-corrected chi connectivity index (χ2v) is 7.13. The van der Waals surface area contributed by atoms with Gasteiger partial charge < -0.3 is 14.2 Å². The van der Waals surface area contributed by atoms with Crippen LogP contribution >= 0.6 is 0 Å². The van der Waals surface area contributed by atoms with Crippen LogP contribution < -0.4 is 9.64 Å². The van der Waals surface area contributed by atoms with Crippen molar-refractivity contribution >= 4 is 16.7 Å². The summed E-state index contributed by atoms with van der Waals surface area (Å²) >= 11 is 0. The third-order valence-corrected chi connectivity index (χ3v) is 5.44. The van der Waals surface area contributed by atoms with Crippen LogP contribution in [0.25, 0.3) is 11.0 Å². The van der Waals surface area contributed by atoms with Gasteiger partial charge in [0.05, 0.1) is 12.8 Å². The number of methoxy groups -OCH3 is 1. The number of piperazine rings is 1. The topological polar surface area (TPSA) is 33.5 Å². The number of benzene rings is 1. The summed E-state index contributed by atoms with van der Waals surface area (Å²) in [5.74, 6) is 0.971. The summed E-state index contributed by atoms with van der Waals surface area (Å²) in [6.45, 7) is 6.57. The second-order valence-electron chi connectivity index (χ2n) is 7.13. The molecule has 1 fully saturated rings. The summed E-state index contributed by atoms with van der Waals surface area (Å²) < 4.78 is 7.78. The Morgan fingerprint density at radius 3 is 2.59 bits per heavy atom. The van der Waals surface area contributed by atoms with Gasteiger partial charge in [0, 0.05) is 50.5 Å². The van der Waals surface area contributed by atoms with Crippen LogP contribution in [-0.4, -0.2) is 54.3 Å². The molecule has 1 aliphatic rings. The maximum atomic E-state index is 5.51. The number of aryl methyl sites for hydroxylation is 1. The largest absolute Gasteiger partial charge is 0.495 e. The molecule has 5 nitrogen and oxygen atoms in total. The maximum absolute atomic E-state index is 5.51. The van der Waals surface area contributed by atoms with Crippen LogP contribution in [0.4, 0.5) is 5.69 Å². The minimum Gasteiger partial charge on any atom is -0.495 e. The van der Waals surface area contributed by atoms with Gasteiger partial charge in [-0.3, -0.25) is 4.90 Å². The van der Waals surface area contributed by atoms with E-state index >= 15 is 0 Å². The van der Waals surface area contributed by atoms with E-state index in [4.69, 9.17) is 4.74 Å². The Morgan fingerprint density at radius 2 is 1.74 bits per heavy atom. The molecule has 142 valence electrons. The molecule has 0 N–H and O–H groups in total. The van der Waals surface area contributed by atoms with Gasteiger partial charge in [-0.15, -0.1) is 0 Å². The van der Waals surface area contributed by atoms with E-state index in [9.17, 15) is 0 Å². The molecule has 0 aliphatic carbocycles. The van der Waals surface area contributed by atoms with E-state index in [1.54, 1.807) is 7.11 Å². The molecule has 4 rings (SSSR count). The SMILES string of the molecule is COc1ccccc1N1CCN(CCCCn2ccc3cccnc32)CC1. The molecule has 0 amide bonds. The highest BCUT2D eigenvalue weighted by Gasteiger charge is 2.19. The van der Waals surface area contributed by atoms with Crippen LogP contribution in [0.15, 0.2) is 54.9 Å². The normalized spacial score (nSPS) is 15.4. The van der Waals surface area contributed by atoms with Crippen molar-refractivity contribution in [2.45, 2.75) is 19.4 Å². The first-order chi connectivity index (χ1) is 13.3. The third-order valence-electron chi connectivity index (χ3n) is 5.44. The smallest absolute Gasteiger partial charge is 0.142 e. The van der Waals surface area contributed by atoms with E-state index < -0.39 is 0 Å². The lowest BCUT2D eigenvalue weighted by Gasteiger charge is -2.36. The van der Waals surface area contributed by atoms with Gasteiger partial charge in [0.2, 0.25) is 0 Å². The van der Waals surface area contributed by atoms with Crippen LogP contribution in [0.1, 0.15) is 12.8 Å². The summed E-state index contributed by atoms with van der Waals surface area (Å²) in [4.78, 5) is 9.52. The number of hydrogen-bond acceptors (Lipinski definition) is 4. The summed E-state index contributed by atoms with van der Waals surface area (Å²) in [6, 6.07) is 14.6. The minimum absolute atomic E-state index is 0.971. The third kappa shape index (κ3) is 4.08. The number of para-hydroxylation sites is 2. The number of anilines is 1. The monoisotopic (exact) mass is 364 g/mol. The standard InChI is InChI=1S/C22H28N4O/c1-27-21-9-3-2-8-20(21)25-17-15-24(16-18-25)12-4-5-13-26-14-10-19-7-6-11-23-22(19)26/h2-3,6-11,14H,4-5,12-13,15-18H2,1H3. The summed E-state index contributed by atoms with van der Waals surface area (Å²) in [6.07, 6.45) is 6.44. The predicted molar refractivity (Wildman–Crippen MR) is 111 cm³/mol. The van der Waals surface area contributed by atoms with Crippen LogP contribution in [0.3, 0.4) is 0 Å². The fourth-order valence-electron chi connectivity index (χ4n) is 3.92. The highest BCUT2D eigenvalue weighted by Crippen LogP contribution is 2.28. The van der Waals surface area contributed by atoms with Crippen molar-refractivity contribution in [3.63, 3.8) is 0 Å². The zero-order chi connectivity index (χ0) is 18.5. The zero-order valence-corrected chi connectivity index (χ0v) is 16.1. The molecule has 5 heteroatoms. The Hall–Kier alpha value is -2.53. The Bertz CT molecular complexity index is 867. The van der Waals surface area contributed by atoms with Gasteiger partial charge in [-0.2, -0.15) is 0 Å². The van der Waals surface area contributed by atoms with E-state index in [2.05, 4.69) is 49.8 Å². The van der Waals surface area contributed by atoms with Gasteiger partial charge in [-0.05, 0) is 49.7 Å². The lowest BCUT2D eigenvalue weighted by molar-refractivity contribution is 0.250. The molecule has 1 saturated heterocycles. The molecule has 1 aliphatic heterocycles. The second kappa shape index (κ2) is 8.44. The number of hydrogen-bond donors (Lipinski definition) is 0. The zero-order valence-electron chi connectivity index (χ0n) is 16.1. The Balaban J connectivity index is 1.22. The summed E-state index contributed by atoms with van der Waals surface area (Å²) in [5.41, 5.74) is 2.31. The summed E-state index contributed by atoms with van der Waals surface area (Å²) in [5, 5.41) is 1.23. The van der Waals surface area contributed by atoms with E-state index in [0.717, 1.165) is 44.1 Å². The number of nitrogens with zero attached hydrogens (tertiary/aromatic N) is 4. The number of fused-ring (bicyclic) bond motifs is 1. The highest BCUT2D eigenvalue weighted by atomic mass is 16.5. The highest BCUT2D eigenvalue weighted by molar-refractivity contribution is 5.75. The maximum Gasteiger partial charge on any atom is 0.142 e. The molecule has 0 bridgehead atoms. The number of pyridine rings is 1. The number of unbranched alkanes of at least 4 members (excludes halogenated alkanes) is 1. The summed E-state index contributed by atoms with van der Waals surface area (Å²) in [7, 11) is 1.75. The van der Waals surface area contributed by atoms with Crippen molar-refractivity contribution in [3.05, 3.63) is 54.9 Å². The fraction of sp³-hybridized carbons (Fsp3) is 0.409. The van der Waals surface area contributed by atoms with Crippen molar-refractivity contribution in [2.24, 2.45) is 0 Å². The number of ether oxygens (including phenoxy) is 1. The van der Waals surface area contributed by atoms with Gasteiger partial charge in [-0.25, -0.2) is 4.98 Å². The molecule has 3 aromatic rings. The fourth-order valence-corrected chi connectivity index (χ4v) is 3.92. The molecular formula is C22H28N4O. The van der Waals surface area contributed by atoms with Gasteiger partial charge in [-0.1, -0.05) is 12.1 Å². The van der Waals surface area contributed by atoms with Crippen molar-refractivity contribution in [2.75, 3.05) is 44.7 Å². The van der Waals surface area contributed by atoms with Crippen LogP contribution in [0.2, 0.25) is 0 Å². The van der Waals surface area contributed by atoms with E-state index in [1.165, 1.54) is 30.5 Å². The minimum atomic E-state index is 0.971. The lowest BCUT2D eigenvalue weighted by atomic mass is 10.2. The van der Waals surface area contributed by atoms with Crippen molar-refractivity contribution in [3.8, 4) is 5.75 Å². The first-order valence-electron chi connectivity index (χ1n) is 9.85. The Morgan fingerprint density at radius 1 is 0.926 bits per heavy atom. The van der Waals surface area contributed by atoms with Gasteiger partial charge in [0.25, 0.3) is 0 Å². The molecule has 0 atom stereocenters. The van der Waals surface area contributed by atoms with Crippen LogP contribution in [0.5, 0.6) is 5.75 Å².